The Morgan fingerprint density at radius 2 is 1.74 bits per heavy atom. The lowest BCUT2D eigenvalue weighted by Crippen LogP contribution is -2.56. The number of Topliss-reactive ketones (excluding diaryl/α,β-unsaturated/α-hetero) is 2. The molecule has 3 heterocycles. The summed E-state index contributed by atoms with van der Waals surface area (Å²) in [7, 11) is 4.44. The van der Waals surface area contributed by atoms with Gasteiger partial charge in [0.2, 0.25) is 23.1 Å². The first-order valence-electron chi connectivity index (χ1n) is 16.6. The highest BCUT2D eigenvalue weighted by Gasteiger charge is 2.63. The molecule has 2 aliphatic carbocycles. The first kappa shape index (κ1) is 32.0. The van der Waals surface area contributed by atoms with E-state index in [9.17, 15) is 14.4 Å². The third-order valence-corrected chi connectivity index (χ3v) is 10.7. The lowest BCUT2D eigenvalue weighted by atomic mass is 9.70. The number of carbonyl (C=O) groups excluding carboxylic acids is 3. The molecule has 0 fully saturated rings. The van der Waals surface area contributed by atoms with Crippen molar-refractivity contribution in [3.63, 3.8) is 0 Å². The number of aryl methyl sites for hydroxylation is 1. The Balaban J connectivity index is 1.20. The summed E-state index contributed by atoms with van der Waals surface area (Å²) in [4.78, 5) is 46.9. The molecule has 0 radical (unpaired) electrons. The number of para-hydroxylation sites is 1. The normalized spacial score (nSPS) is 20.7. The monoisotopic (exact) mass is 694 g/mol. The molecule has 2 N–H and O–H groups in total. The zero-order valence-electron chi connectivity index (χ0n) is 28.0. The number of aromatic nitrogens is 1. The first-order chi connectivity index (χ1) is 24.2. The van der Waals surface area contributed by atoms with Crippen LogP contribution in [0.5, 0.6) is 23.0 Å². The predicted octanol–water partition coefficient (Wildman–Crippen LogP) is 7.23. The van der Waals surface area contributed by atoms with Crippen LogP contribution in [0.15, 0.2) is 59.0 Å². The molecule has 8 rings (SSSR count). The number of H-pyrrole nitrogens is 1. The van der Waals surface area contributed by atoms with E-state index in [2.05, 4.69) is 16.4 Å². The van der Waals surface area contributed by atoms with E-state index in [1.54, 1.807) is 26.2 Å². The van der Waals surface area contributed by atoms with E-state index >= 15 is 0 Å². The van der Waals surface area contributed by atoms with E-state index in [-0.39, 0.29) is 58.2 Å². The Morgan fingerprint density at radius 3 is 2.48 bits per heavy atom. The number of furan rings is 1. The van der Waals surface area contributed by atoms with Crippen LogP contribution in [-0.4, -0.2) is 49.4 Å². The Hall–Kier alpha value is -5.22. The van der Waals surface area contributed by atoms with Gasteiger partial charge in [-0.1, -0.05) is 36.7 Å². The maximum atomic E-state index is 14.9. The molecular weight excluding hydrogens is 660 g/mol. The molecule has 3 atom stereocenters. The van der Waals surface area contributed by atoms with Crippen molar-refractivity contribution in [1.82, 2.24) is 10.3 Å². The quantitative estimate of drug-likeness (QED) is 0.171. The number of hydrogen-bond donors (Lipinski definition) is 2. The molecule has 3 aliphatic rings. The van der Waals surface area contributed by atoms with E-state index < -0.39 is 23.1 Å². The summed E-state index contributed by atoms with van der Waals surface area (Å²) in [6, 6.07) is 16.6. The smallest absolute Gasteiger partial charge is 0.237 e. The molecular formula is C39H35ClN2O8. The van der Waals surface area contributed by atoms with Crippen LogP contribution in [0, 0.1) is 5.92 Å². The third-order valence-electron chi connectivity index (χ3n) is 10.4. The van der Waals surface area contributed by atoms with Crippen LogP contribution in [0.25, 0.3) is 22.2 Å². The van der Waals surface area contributed by atoms with Crippen LogP contribution in [0.2, 0.25) is 5.02 Å². The topological polar surface area (TPSA) is 129 Å². The number of ether oxygens (including phenoxy) is 4. The average Bonchev–Trinajstić information content (AvgIpc) is 3.79. The van der Waals surface area contributed by atoms with Crippen LogP contribution in [0.3, 0.4) is 0 Å². The SMILES string of the molecule is COc1ccc(-c2oc3c(c2CC(=O)NC2CCCc4c2[nH]c2ccccc42)C(=O)C2(Oc4c(Cl)c(OC)cc(OC)c4C2=O)C(C)C3)cc1. The number of nitrogens with one attached hydrogen (secondary N) is 2. The molecule has 50 heavy (non-hydrogen) atoms. The van der Waals surface area contributed by atoms with Gasteiger partial charge < -0.3 is 33.7 Å². The van der Waals surface area contributed by atoms with Gasteiger partial charge in [0, 0.05) is 46.1 Å². The van der Waals surface area contributed by atoms with Crippen LogP contribution >= 0.6 is 11.6 Å². The predicted molar refractivity (Wildman–Crippen MR) is 186 cm³/mol. The molecule has 3 unspecified atom stereocenters. The number of halogens is 1. The van der Waals surface area contributed by atoms with Gasteiger partial charge in [-0.05, 0) is 55.2 Å². The van der Waals surface area contributed by atoms with Crippen molar-refractivity contribution in [3.8, 4) is 34.3 Å². The highest BCUT2D eigenvalue weighted by Crippen LogP contribution is 2.54. The van der Waals surface area contributed by atoms with Gasteiger partial charge in [-0.3, -0.25) is 14.4 Å². The van der Waals surface area contributed by atoms with Crippen molar-refractivity contribution >= 4 is 40.0 Å². The van der Waals surface area contributed by atoms with Crippen LogP contribution in [0.4, 0.5) is 0 Å². The molecule has 256 valence electrons. The molecule has 0 bridgehead atoms. The number of benzene rings is 3. The molecule has 1 spiro atoms. The fourth-order valence-corrected chi connectivity index (χ4v) is 8.21. The van der Waals surface area contributed by atoms with Crippen molar-refractivity contribution in [3.05, 3.63) is 93.3 Å². The zero-order valence-corrected chi connectivity index (χ0v) is 28.8. The van der Waals surface area contributed by atoms with Gasteiger partial charge in [-0.25, -0.2) is 0 Å². The Bertz CT molecular complexity index is 2220. The molecule has 11 heteroatoms. The van der Waals surface area contributed by atoms with E-state index in [4.69, 9.17) is 35.0 Å². The first-order valence-corrected chi connectivity index (χ1v) is 17.0. The highest BCUT2D eigenvalue weighted by molar-refractivity contribution is 6.36. The second-order valence-corrected chi connectivity index (χ2v) is 13.5. The van der Waals surface area contributed by atoms with Gasteiger partial charge in [0.25, 0.3) is 0 Å². The minimum absolute atomic E-state index is 0.0288. The summed E-state index contributed by atoms with van der Waals surface area (Å²) in [5.74, 6) is -0.217. The van der Waals surface area contributed by atoms with Gasteiger partial charge in [-0.2, -0.15) is 0 Å². The number of aromatic amines is 1. The minimum atomic E-state index is -1.95. The van der Waals surface area contributed by atoms with Crippen LogP contribution < -0.4 is 24.3 Å². The van der Waals surface area contributed by atoms with E-state index in [0.717, 1.165) is 35.9 Å². The summed E-state index contributed by atoms with van der Waals surface area (Å²) in [5, 5.41) is 4.46. The fourth-order valence-electron chi connectivity index (χ4n) is 7.94. The molecule has 2 aromatic heterocycles. The summed E-state index contributed by atoms with van der Waals surface area (Å²) in [6.07, 6.45) is 2.65. The molecule has 10 nitrogen and oxygen atoms in total. The lowest BCUT2D eigenvalue weighted by molar-refractivity contribution is -0.121. The number of carbonyl (C=O) groups is 3. The van der Waals surface area contributed by atoms with E-state index in [0.29, 0.717) is 28.4 Å². The third kappa shape index (κ3) is 4.65. The zero-order chi connectivity index (χ0) is 34.9. The summed E-state index contributed by atoms with van der Waals surface area (Å²) in [5.41, 5.74) is 2.58. The molecule has 3 aromatic carbocycles. The summed E-state index contributed by atoms with van der Waals surface area (Å²) in [6.45, 7) is 1.77. The maximum Gasteiger partial charge on any atom is 0.237 e. The largest absolute Gasteiger partial charge is 0.497 e. The van der Waals surface area contributed by atoms with Gasteiger partial charge >= 0.3 is 0 Å². The van der Waals surface area contributed by atoms with Crippen LogP contribution in [-0.2, 0) is 24.1 Å². The summed E-state index contributed by atoms with van der Waals surface area (Å²) < 4.78 is 29.2. The van der Waals surface area contributed by atoms with Crippen molar-refractivity contribution in [2.24, 2.45) is 5.92 Å². The number of amides is 1. The van der Waals surface area contributed by atoms with Gasteiger partial charge in [-0.15, -0.1) is 0 Å². The Kier molecular flexibility index (Phi) is 7.67. The molecule has 1 amide bonds. The fraction of sp³-hybridized carbons (Fsp3) is 0.308. The van der Waals surface area contributed by atoms with Crippen molar-refractivity contribution < 1.29 is 37.7 Å². The molecule has 0 saturated heterocycles. The van der Waals surface area contributed by atoms with Crippen molar-refractivity contribution in [2.75, 3.05) is 21.3 Å². The minimum Gasteiger partial charge on any atom is -0.497 e. The lowest BCUT2D eigenvalue weighted by Gasteiger charge is -2.35. The van der Waals surface area contributed by atoms with Crippen molar-refractivity contribution in [1.29, 1.82) is 0 Å². The number of methoxy groups -OCH3 is 3. The van der Waals surface area contributed by atoms with E-state index in [1.165, 1.54) is 25.8 Å². The van der Waals surface area contributed by atoms with Crippen LogP contribution in [0.1, 0.15) is 69.1 Å². The highest BCUT2D eigenvalue weighted by atomic mass is 35.5. The number of rotatable bonds is 7. The summed E-state index contributed by atoms with van der Waals surface area (Å²) >= 11 is 6.66. The number of fused-ring (bicyclic) bond motifs is 5. The molecule has 0 saturated carbocycles. The van der Waals surface area contributed by atoms with Gasteiger partial charge in [0.05, 0.1) is 39.4 Å². The second-order valence-electron chi connectivity index (χ2n) is 13.1. The van der Waals surface area contributed by atoms with Gasteiger partial charge in [0.1, 0.15) is 39.4 Å². The average molecular weight is 695 g/mol. The van der Waals surface area contributed by atoms with E-state index in [1.807, 2.05) is 30.3 Å². The molecule has 5 aromatic rings. The Morgan fingerprint density at radius 1 is 1.00 bits per heavy atom. The maximum absolute atomic E-state index is 14.9. The van der Waals surface area contributed by atoms with Gasteiger partial charge in [0.15, 0.2) is 5.75 Å². The number of ketones is 2. The second kappa shape index (κ2) is 12.0. The molecule has 1 aliphatic heterocycles. The van der Waals surface area contributed by atoms with Crippen molar-refractivity contribution in [2.45, 2.75) is 50.7 Å². The number of hydrogen-bond acceptors (Lipinski definition) is 8. The Labute approximate surface area is 293 Å². The standard InChI is InChI=1S/C39H35ClN2O8/c1-19-16-28-31(37(44)39(19)38(45)32-27(47-3)18-29(48-4)33(40)36(32)50-39)24(35(49-28)20-12-14-21(46-2)15-13-20)17-30(43)41-26-11-7-9-23-22-8-5-6-10-25(22)42-34(23)26/h5-6,8,10,12-15,18-19,26,42H,7,9,11,16-17H2,1-4H3,(H,41,43).